The predicted molar refractivity (Wildman–Crippen MR) is 46.4 cm³/mol. The van der Waals surface area contributed by atoms with E-state index < -0.39 is 0 Å². The highest BCUT2D eigenvalue weighted by Crippen LogP contribution is 1.71. The van der Waals surface area contributed by atoms with Crippen molar-refractivity contribution in [3.63, 3.8) is 0 Å². The van der Waals surface area contributed by atoms with Crippen molar-refractivity contribution in [2.45, 2.75) is 6.42 Å². The summed E-state index contributed by atoms with van der Waals surface area (Å²) in [5.41, 5.74) is 0. The lowest BCUT2D eigenvalue weighted by molar-refractivity contribution is -0.120. The van der Waals surface area contributed by atoms with Crippen molar-refractivity contribution in [3.8, 4) is 12.3 Å². The zero-order chi connectivity index (χ0) is 9.23. The number of nitrogens with one attached hydrogen (secondary N) is 2. The molecule has 0 aliphatic carbocycles. The monoisotopic (exact) mass is 170 g/mol. The normalized spacial score (nSPS) is 9.00. The van der Waals surface area contributed by atoms with Gasteiger partial charge in [-0.3, -0.25) is 10.1 Å². The van der Waals surface area contributed by atoms with Crippen LogP contribution in [0.1, 0.15) is 6.42 Å². The van der Waals surface area contributed by atoms with Gasteiger partial charge in [0.2, 0.25) is 5.91 Å². The van der Waals surface area contributed by atoms with E-state index in [1.165, 1.54) is 0 Å². The molecule has 0 aromatic carbocycles. The van der Waals surface area contributed by atoms with Gasteiger partial charge < -0.3 is 10.4 Å². The summed E-state index contributed by atoms with van der Waals surface area (Å²) < 4.78 is 0. The predicted octanol–water partition coefficient (Wildman–Crippen LogP) is -1.29. The fourth-order valence-electron chi connectivity index (χ4n) is 0.618. The maximum absolute atomic E-state index is 10.9. The van der Waals surface area contributed by atoms with E-state index in [0.717, 1.165) is 0 Å². The summed E-state index contributed by atoms with van der Waals surface area (Å²) in [6.45, 7) is 1.23. The first-order chi connectivity index (χ1) is 5.81. The standard InChI is InChI=1S/C8H14N2O2/c1-2-4-9-7-8(12)10-5-3-6-11/h1,9,11H,3-7H2,(H,10,12). The first-order valence-electron chi connectivity index (χ1n) is 3.83. The van der Waals surface area contributed by atoms with Gasteiger partial charge in [0.05, 0.1) is 13.1 Å². The lowest BCUT2D eigenvalue weighted by atomic mass is 10.4. The molecule has 0 bridgehead atoms. The Bertz CT molecular complexity index is 163. The fourth-order valence-corrected chi connectivity index (χ4v) is 0.618. The van der Waals surface area contributed by atoms with Crippen molar-refractivity contribution >= 4 is 5.91 Å². The Morgan fingerprint density at radius 3 is 2.92 bits per heavy atom. The molecular formula is C8H14N2O2. The number of hydrogen-bond acceptors (Lipinski definition) is 3. The molecule has 0 fully saturated rings. The van der Waals surface area contributed by atoms with E-state index >= 15 is 0 Å². The first-order valence-corrected chi connectivity index (χ1v) is 3.83. The Morgan fingerprint density at radius 1 is 1.58 bits per heavy atom. The van der Waals surface area contributed by atoms with Crippen molar-refractivity contribution in [1.29, 1.82) is 0 Å². The Labute approximate surface area is 72.3 Å². The number of rotatable bonds is 6. The van der Waals surface area contributed by atoms with Gasteiger partial charge in [-0.2, -0.15) is 0 Å². The zero-order valence-electron chi connectivity index (χ0n) is 6.97. The summed E-state index contributed by atoms with van der Waals surface area (Å²) in [5, 5.41) is 13.8. The summed E-state index contributed by atoms with van der Waals surface area (Å²) in [6, 6.07) is 0. The Balaban J connectivity index is 3.17. The zero-order valence-corrected chi connectivity index (χ0v) is 6.97. The smallest absolute Gasteiger partial charge is 0.233 e. The SMILES string of the molecule is C#CCNCC(=O)NCCCO. The molecule has 3 N–H and O–H groups in total. The van der Waals surface area contributed by atoms with Gasteiger partial charge in [0.25, 0.3) is 0 Å². The van der Waals surface area contributed by atoms with Crippen LogP contribution in [0, 0.1) is 12.3 Å². The van der Waals surface area contributed by atoms with Crippen LogP contribution in [-0.2, 0) is 4.79 Å². The molecule has 68 valence electrons. The number of amides is 1. The molecule has 0 aliphatic heterocycles. The second-order valence-corrected chi connectivity index (χ2v) is 2.23. The van der Waals surface area contributed by atoms with Gasteiger partial charge in [0.15, 0.2) is 0 Å². The van der Waals surface area contributed by atoms with Crippen LogP contribution >= 0.6 is 0 Å². The number of aliphatic hydroxyl groups excluding tert-OH is 1. The van der Waals surface area contributed by atoms with E-state index in [2.05, 4.69) is 16.6 Å². The van der Waals surface area contributed by atoms with Gasteiger partial charge >= 0.3 is 0 Å². The highest BCUT2D eigenvalue weighted by atomic mass is 16.3. The molecule has 4 nitrogen and oxygen atoms in total. The molecule has 0 saturated heterocycles. The van der Waals surface area contributed by atoms with Crippen LogP contribution < -0.4 is 10.6 Å². The average Bonchev–Trinajstić information content (AvgIpc) is 2.06. The second-order valence-electron chi connectivity index (χ2n) is 2.23. The number of aliphatic hydroxyl groups is 1. The van der Waals surface area contributed by atoms with Crippen molar-refractivity contribution in [2.75, 3.05) is 26.2 Å². The van der Waals surface area contributed by atoms with Gasteiger partial charge in [0.1, 0.15) is 0 Å². The van der Waals surface area contributed by atoms with Crippen LogP contribution in [-0.4, -0.2) is 37.3 Å². The third-order valence-corrected chi connectivity index (χ3v) is 1.17. The molecule has 12 heavy (non-hydrogen) atoms. The summed E-state index contributed by atoms with van der Waals surface area (Å²) >= 11 is 0. The van der Waals surface area contributed by atoms with E-state index in [-0.39, 0.29) is 19.1 Å². The van der Waals surface area contributed by atoms with E-state index in [0.29, 0.717) is 19.5 Å². The lowest BCUT2D eigenvalue weighted by Crippen LogP contribution is -2.34. The van der Waals surface area contributed by atoms with Gasteiger partial charge in [-0.25, -0.2) is 0 Å². The third kappa shape index (κ3) is 7.06. The van der Waals surface area contributed by atoms with Crippen LogP contribution in [0.4, 0.5) is 0 Å². The number of carbonyl (C=O) groups is 1. The molecule has 0 spiro atoms. The molecule has 0 aromatic heterocycles. The van der Waals surface area contributed by atoms with Gasteiger partial charge in [-0.15, -0.1) is 6.42 Å². The molecule has 0 heterocycles. The molecule has 0 aromatic rings. The Hall–Kier alpha value is -1.05. The minimum atomic E-state index is -0.0984. The molecular weight excluding hydrogens is 156 g/mol. The number of terminal acetylenes is 1. The van der Waals surface area contributed by atoms with Gasteiger partial charge in [0, 0.05) is 13.2 Å². The molecule has 0 radical (unpaired) electrons. The molecule has 0 unspecified atom stereocenters. The summed E-state index contributed by atoms with van der Waals surface area (Å²) in [6.07, 6.45) is 5.54. The molecule has 1 amide bonds. The number of carbonyl (C=O) groups excluding carboxylic acids is 1. The lowest BCUT2D eigenvalue weighted by Gasteiger charge is -2.02. The van der Waals surface area contributed by atoms with Crippen LogP contribution in [0.2, 0.25) is 0 Å². The van der Waals surface area contributed by atoms with Crippen molar-refractivity contribution in [3.05, 3.63) is 0 Å². The van der Waals surface area contributed by atoms with Crippen molar-refractivity contribution < 1.29 is 9.90 Å². The van der Waals surface area contributed by atoms with Crippen LogP contribution in [0.15, 0.2) is 0 Å². The van der Waals surface area contributed by atoms with Gasteiger partial charge in [-0.05, 0) is 6.42 Å². The first kappa shape index (κ1) is 11.0. The van der Waals surface area contributed by atoms with Gasteiger partial charge in [-0.1, -0.05) is 5.92 Å². The van der Waals surface area contributed by atoms with Crippen LogP contribution in [0.25, 0.3) is 0 Å². The molecule has 0 saturated carbocycles. The molecule has 4 heteroatoms. The molecule has 0 atom stereocenters. The highest BCUT2D eigenvalue weighted by Gasteiger charge is 1.96. The maximum atomic E-state index is 10.9. The Morgan fingerprint density at radius 2 is 2.33 bits per heavy atom. The summed E-state index contributed by atoms with van der Waals surface area (Å²) in [4.78, 5) is 10.9. The van der Waals surface area contributed by atoms with E-state index in [1.54, 1.807) is 0 Å². The van der Waals surface area contributed by atoms with E-state index in [4.69, 9.17) is 11.5 Å². The molecule has 0 rings (SSSR count). The number of hydrogen-bond donors (Lipinski definition) is 3. The second kappa shape index (κ2) is 8.05. The average molecular weight is 170 g/mol. The maximum Gasteiger partial charge on any atom is 0.233 e. The van der Waals surface area contributed by atoms with Crippen molar-refractivity contribution in [2.24, 2.45) is 0 Å². The third-order valence-electron chi connectivity index (χ3n) is 1.17. The summed E-state index contributed by atoms with van der Waals surface area (Å²) in [7, 11) is 0. The van der Waals surface area contributed by atoms with Crippen molar-refractivity contribution in [1.82, 2.24) is 10.6 Å². The molecule has 0 aliphatic rings. The highest BCUT2D eigenvalue weighted by molar-refractivity contribution is 5.77. The fraction of sp³-hybridized carbons (Fsp3) is 0.625. The van der Waals surface area contributed by atoms with E-state index in [9.17, 15) is 4.79 Å². The van der Waals surface area contributed by atoms with Crippen LogP contribution in [0.3, 0.4) is 0 Å². The minimum absolute atomic E-state index is 0.0953. The quantitative estimate of drug-likeness (QED) is 0.343. The van der Waals surface area contributed by atoms with Crippen LogP contribution in [0.5, 0.6) is 0 Å². The Kier molecular flexibility index (Phi) is 7.35. The van der Waals surface area contributed by atoms with E-state index in [1.807, 2.05) is 0 Å². The minimum Gasteiger partial charge on any atom is -0.396 e. The topological polar surface area (TPSA) is 61.4 Å². The summed E-state index contributed by atoms with van der Waals surface area (Å²) in [5.74, 6) is 2.26. The largest absolute Gasteiger partial charge is 0.396 e.